The summed E-state index contributed by atoms with van der Waals surface area (Å²) in [6, 6.07) is 4.63. The van der Waals surface area contributed by atoms with Gasteiger partial charge in [-0.25, -0.2) is 4.99 Å². The molecule has 4 nitrogen and oxygen atoms in total. The Balaban J connectivity index is 2.15. The summed E-state index contributed by atoms with van der Waals surface area (Å²) in [6.45, 7) is 3.67. The molecule has 0 N–H and O–H groups in total. The number of alkyl halides is 3. The summed E-state index contributed by atoms with van der Waals surface area (Å²) in [5.41, 5.74) is -0.207. The average Bonchev–Trinajstić information content (AvgIpc) is 2.52. The van der Waals surface area contributed by atoms with Crippen molar-refractivity contribution in [3.63, 3.8) is 0 Å². The molecule has 1 amide bonds. The van der Waals surface area contributed by atoms with Crippen LogP contribution in [0.1, 0.15) is 30.9 Å². The summed E-state index contributed by atoms with van der Waals surface area (Å²) >= 11 is 0. The Morgan fingerprint density at radius 3 is 2.39 bits per heavy atom. The summed E-state index contributed by atoms with van der Waals surface area (Å²) in [5.74, 6) is 0.138. The van der Waals surface area contributed by atoms with Gasteiger partial charge in [-0.15, -0.1) is 0 Å². The maximum atomic E-state index is 12.6. The average molecular weight is 326 g/mol. The fraction of sp³-hybridized carbons (Fsp3) is 0.375. The molecule has 2 rings (SSSR count). The quantitative estimate of drug-likeness (QED) is 0.852. The van der Waals surface area contributed by atoms with Crippen LogP contribution in [-0.2, 0) is 15.7 Å². The molecule has 1 atom stereocenters. The van der Waals surface area contributed by atoms with Crippen molar-refractivity contribution in [3.8, 4) is 0 Å². The van der Waals surface area contributed by atoms with E-state index in [9.17, 15) is 18.0 Å². The van der Waals surface area contributed by atoms with Crippen molar-refractivity contribution in [2.24, 2.45) is 4.99 Å². The van der Waals surface area contributed by atoms with Crippen LogP contribution in [0.2, 0.25) is 0 Å². The lowest BCUT2D eigenvalue weighted by atomic mass is 9.98. The molecule has 23 heavy (non-hydrogen) atoms. The number of amidine groups is 1. The van der Waals surface area contributed by atoms with Crippen LogP contribution in [0.15, 0.2) is 41.2 Å². The van der Waals surface area contributed by atoms with Crippen molar-refractivity contribution in [2.45, 2.75) is 25.9 Å². The second-order valence-electron chi connectivity index (χ2n) is 5.20. The van der Waals surface area contributed by atoms with E-state index in [0.717, 1.165) is 12.1 Å². The summed E-state index contributed by atoms with van der Waals surface area (Å²) in [6.07, 6.45) is -2.71. The Morgan fingerprint density at radius 2 is 1.91 bits per heavy atom. The highest BCUT2D eigenvalue weighted by Crippen LogP contribution is 2.30. The Bertz CT molecular complexity index is 648. The second kappa shape index (κ2) is 6.44. The van der Waals surface area contributed by atoms with Crippen molar-refractivity contribution in [1.29, 1.82) is 0 Å². The number of aliphatic imine (C=N–C) groups is 1. The number of benzene rings is 1. The Labute approximate surface area is 132 Å². The number of rotatable bonds is 3. The second-order valence-corrected chi connectivity index (χ2v) is 5.20. The summed E-state index contributed by atoms with van der Waals surface area (Å²) < 4.78 is 42.8. The van der Waals surface area contributed by atoms with Crippen LogP contribution in [0, 0.1) is 0 Å². The number of carbonyl (C=O) groups excluding carboxylic acids is 1. The lowest BCUT2D eigenvalue weighted by Crippen LogP contribution is -2.40. The molecule has 124 valence electrons. The largest absolute Gasteiger partial charge is 0.481 e. The molecule has 1 aromatic carbocycles. The Morgan fingerprint density at radius 1 is 1.30 bits per heavy atom. The first kappa shape index (κ1) is 17.1. The van der Waals surface area contributed by atoms with Gasteiger partial charge in [0.1, 0.15) is 5.84 Å². The summed E-state index contributed by atoms with van der Waals surface area (Å²) in [5, 5.41) is 0. The first-order valence-corrected chi connectivity index (χ1v) is 7.02. The zero-order chi connectivity index (χ0) is 17.2. The van der Waals surface area contributed by atoms with Gasteiger partial charge in [0, 0.05) is 0 Å². The van der Waals surface area contributed by atoms with Crippen LogP contribution in [-0.4, -0.2) is 30.3 Å². The highest BCUT2D eigenvalue weighted by Gasteiger charge is 2.31. The molecular formula is C16H17F3N2O2. The number of amides is 1. The maximum absolute atomic E-state index is 12.6. The monoisotopic (exact) mass is 326 g/mol. The van der Waals surface area contributed by atoms with Crippen molar-refractivity contribution < 1.29 is 22.7 Å². The molecule has 0 fully saturated rings. The number of methoxy groups -OCH3 is 1. The Kier molecular flexibility index (Phi) is 4.77. The predicted octanol–water partition coefficient (Wildman–Crippen LogP) is 3.56. The van der Waals surface area contributed by atoms with E-state index in [1.54, 1.807) is 19.9 Å². The van der Waals surface area contributed by atoms with E-state index in [1.165, 1.54) is 24.1 Å². The zero-order valence-corrected chi connectivity index (χ0v) is 13.0. The minimum atomic E-state index is -4.39. The topological polar surface area (TPSA) is 41.9 Å². The lowest BCUT2D eigenvalue weighted by molar-refractivity contribution is -0.137. The van der Waals surface area contributed by atoms with Gasteiger partial charge in [0.15, 0.2) is 0 Å². The van der Waals surface area contributed by atoms with Crippen LogP contribution >= 0.6 is 0 Å². The number of hydrogen-bond acceptors (Lipinski definition) is 3. The number of carbonyl (C=O) groups is 1. The van der Waals surface area contributed by atoms with E-state index in [2.05, 4.69) is 4.99 Å². The molecule has 0 saturated heterocycles. The molecule has 1 unspecified atom stereocenters. The van der Waals surface area contributed by atoms with Crippen LogP contribution in [0.3, 0.4) is 0 Å². The molecule has 7 heteroatoms. The third-order valence-corrected chi connectivity index (χ3v) is 3.69. The number of hydrogen-bond donors (Lipinski definition) is 0. The van der Waals surface area contributed by atoms with Gasteiger partial charge in [-0.05, 0) is 37.6 Å². The van der Waals surface area contributed by atoms with Gasteiger partial charge < -0.3 is 4.74 Å². The van der Waals surface area contributed by atoms with Gasteiger partial charge in [-0.1, -0.05) is 12.1 Å². The molecule has 0 aliphatic carbocycles. The molecule has 0 bridgehead atoms. The fourth-order valence-electron chi connectivity index (χ4n) is 2.28. The van der Waals surface area contributed by atoms with Gasteiger partial charge in [-0.3, -0.25) is 9.69 Å². The van der Waals surface area contributed by atoms with Crippen LogP contribution in [0.25, 0.3) is 0 Å². The normalized spacial score (nSPS) is 16.5. The third-order valence-electron chi connectivity index (χ3n) is 3.69. The van der Waals surface area contributed by atoms with Gasteiger partial charge in [0.25, 0.3) is 0 Å². The molecule has 1 aromatic rings. The SMILES string of the molecule is COC1=CCN(C(=O)C(C)c2ccc(C(F)(F)F)cc2)C(C)=N1. The van der Waals surface area contributed by atoms with Gasteiger partial charge in [0.2, 0.25) is 11.8 Å². The van der Waals surface area contributed by atoms with Crippen LogP contribution < -0.4 is 0 Å². The van der Waals surface area contributed by atoms with Crippen LogP contribution in [0.5, 0.6) is 0 Å². The van der Waals surface area contributed by atoms with E-state index in [1.807, 2.05) is 0 Å². The van der Waals surface area contributed by atoms with Crippen molar-refractivity contribution >= 4 is 11.7 Å². The molecule has 0 saturated carbocycles. The summed E-state index contributed by atoms with van der Waals surface area (Å²) in [7, 11) is 1.49. The zero-order valence-electron chi connectivity index (χ0n) is 13.0. The first-order chi connectivity index (χ1) is 10.7. The van der Waals surface area contributed by atoms with Crippen molar-refractivity contribution in [1.82, 2.24) is 4.90 Å². The van der Waals surface area contributed by atoms with Gasteiger partial charge >= 0.3 is 6.18 Å². The Hall–Kier alpha value is -2.31. The number of ether oxygens (including phenoxy) is 1. The molecule has 0 spiro atoms. The molecule has 0 aromatic heterocycles. The van der Waals surface area contributed by atoms with Gasteiger partial charge in [-0.2, -0.15) is 13.2 Å². The van der Waals surface area contributed by atoms with E-state index in [-0.39, 0.29) is 5.91 Å². The first-order valence-electron chi connectivity index (χ1n) is 7.02. The minimum Gasteiger partial charge on any atom is -0.481 e. The van der Waals surface area contributed by atoms with E-state index in [0.29, 0.717) is 23.8 Å². The van der Waals surface area contributed by atoms with E-state index in [4.69, 9.17) is 4.74 Å². The minimum absolute atomic E-state index is 0.225. The highest BCUT2D eigenvalue weighted by atomic mass is 19.4. The van der Waals surface area contributed by atoms with Crippen molar-refractivity contribution in [2.75, 3.05) is 13.7 Å². The van der Waals surface area contributed by atoms with Crippen LogP contribution in [0.4, 0.5) is 13.2 Å². The molecule has 0 radical (unpaired) electrons. The predicted molar refractivity (Wildman–Crippen MR) is 79.8 cm³/mol. The van der Waals surface area contributed by atoms with Crippen molar-refractivity contribution in [3.05, 3.63) is 47.4 Å². The molecule has 1 aliphatic heterocycles. The number of halogens is 3. The maximum Gasteiger partial charge on any atom is 0.416 e. The van der Waals surface area contributed by atoms with E-state index < -0.39 is 17.7 Å². The van der Waals surface area contributed by atoms with E-state index >= 15 is 0 Å². The smallest absolute Gasteiger partial charge is 0.416 e. The fourth-order valence-corrected chi connectivity index (χ4v) is 2.28. The molecular weight excluding hydrogens is 309 g/mol. The summed E-state index contributed by atoms with van der Waals surface area (Å²) in [4.78, 5) is 18.2. The third kappa shape index (κ3) is 3.72. The molecule has 1 aliphatic rings. The standard InChI is InChI=1S/C16H17F3N2O2/c1-10(12-4-6-13(7-5-12)16(17,18)19)15(22)21-9-8-14(23-3)20-11(21)2/h4-8,10H,9H2,1-3H3. The lowest BCUT2D eigenvalue weighted by Gasteiger charge is -2.27. The molecule has 1 heterocycles. The number of nitrogens with zero attached hydrogens (tertiary/aromatic N) is 2. The highest BCUT2D eigenvalue weighted by molar-refractivity contribution is 6.00. The van der Waals surface area contributed by atoms with Gasteiger partial charge in [0.05, 0.1) is 25.1 Å².